The molecule has 20 heavy (non-hydrogen) atoms. The second-order valence-corrected chi connectivity index (χ2v) is 7.62. The van der Waals surface area contributed by atoms with E-state index < -0.39 is 0 Å². The van der Waals surface area contributed by atoms with Crippen LogP contribution in [-0.4, -0.2) is 48.0 Å². The largest absolute Gasteiger partial charge is 0.342 e. The van der Waals surface area contributed by atoms with Crippen LogP contribution in [0.25, 0.3) is 0 Å². The van der Waals surface area contributed by atoms with Gasteiger partial charge in [0.05, 0.1) is 6.54 Å². The Morgan fingerprint density at radius 1 is 1.05 bits per heavy atom. The van der Waals surface area contributed by atoms with Crippen LogP contribution in [0.5, 0.6) is 0 Å². The number of likely N-dealkylation sites (tertiary alicyclic amines) is 1. The van der Waals surface area contributed by atoms with Crippen LogP contribution in [-0.2, 0) is 4.79 Å². The lowest BCUT2D eigenvalue weighted by molar-refractivity contribution is -0.130. The molecule has 0 aromatic rings. The first kappa shape index (κ1) is 16.2. The van der Waals surface area contributed by atoms with Crippen LogP contribution in [0.3, 0.4) is 0 Å². The summed E-state index contributed by atoms with van der Waals surface area (Å²) in [6.07, 6.45) is 13.8. The lowest BCUT2D eigenvalue weighted by Crippen LogP contribution is -2.44. The summed E-state index contributed by atoms with van der Waals surface area (Å²) in [6, 6.07) is 0. The van der Waals surface area contributed by atoms with Gasteiger partial charge in [0, 0.05) is 24.4 Å². The van der Waals surface area contributed by atoms with Crippen molar-refractivity contribution in [1.29, 1.82) is 0 Å². The van der Waals surface area contributed by atoms with Crippen LogP contribution >= 0.6 is 11.8 Å². The van der Waals surface area contributed by atoms with Crippen molar-refractivity contribution in [3.63, 3.8) is 0 Å². The molecule has 1 aliphatic heterocycles. The maximum Gasteiger partial charge on any atom is 0.236 e. The molecule has 3 nitrogen and oxygen atoms in total. The second-order valence-electron chi connectivity index (χ2n) is 6.35. The number of carbonyl (C=O) groups excluding carboxylic acids is 1. The predicted molar refractivity (Wildman–Crippen MR) is 87.2 cm³/mol. The summed E-state index contributed by atoms with van der Waals surface area (Å²) in [5, 5.41) is 3.45. The normalized spacial score (nSPS) is 23.4. The van der Waals surface area contributed by atoms with Crippen LogP contribution in [0, 0.1) is 0 Å². The Morgan fingerprint density at radius 3 is 2.25 bits per heavy atom. The molecular weight excluding hydrogens is 268 g/mol. The Labute approximate surface area is 128 Å². The van der Waals surface area contributed by atoms with Crippen molar-refractivity contribution in [2.45, 2.75) is 62.5 Å². The molecule has 0 aromatic carbocycles. The van der Waals surface area contributed by atoms with Crippen LogP contribution in [0.15, 0.2) is 0 Å². The lowest BCUT2D eigenvalue weighted by Gasteiger charge is -2.36. The number of rotatable bonds is 5. The van der Waals surface area contributed by atoms with E-state index in [9.17, 15) is 4.79 Å². The van der Waals surface area contributed by atoms with Gasteiger partial charge in [0.1, 0.15) is 0 Å². The van der Waals surface area contributed by atoms with E-state index in [-0.39, 0.29) is 0 Å². The average Bonchev–Trinajstić information content (AvgIpc) is 2.77. The Morgan fingerprint density at radius 2 is 1.65 bits per heavy atom. The molecule has 0 bridgehead atoms. The summed E-state index contributed by atoms with van der Waals surface area (Å²) in [7, 11) is 0. The summed E-state index contributed by atoms with van der Waals surface area (Å²) in [6.45, 7) is 3.46. The van der Waals surface area contributed by atoms with Gasteiger partial charge < -0.3 is 10.2 Å². The Bertz CT molecular complexity index is 295. The minimum Gasteiger partial charge on any atom is -0.342 e. The van der Waals surface area contributed by atoms with Gasteiger partial charge in [-0.2, -0.15) is 11.8 Å². The monoisotopic (exact) mass is 298 g/mol. The standard InChI is InChI=1S/C16H30N2OS/c1-20-16(9-5-4-6-10-16)14-17-13-15(19)18-11-7-2-3-8-12-18/h17H,2-14H2,1H3. The van der Waals surface area contributed by atoms with Gasteiger partial charge in [-0.05, 0) is 31.9 Å². The molecule has 2 aliphatic rings. The van der Waals surface area contributed by atoms with Crippen LogP contribution in [0.2, 0.25) is 0 Å². The van der Waals surface area contributed by atoms with Gasteiger partial charge in [-0.25, -0.2) is 0 Å². The Balaban J connectivity index is 1.72. The third-order valence-corrected chi connectivity index (χ3v) is 6.30. The zero-order valence-corrected chi connectivity index (χ0v) is 13.8. The van der Waals surface area contributed by atoms with E-state index >= 15 is 0 Å². The summed E-state index contributed by atoms with van der Waals surface area (Å²) in [5.74, 6) is 0.305. The molecule has 1 amide bonds. The molecule has 1 heterocycles. The number of nitrogens with zero attached hydrogens (tertiary/aromatic N) is 1. The number of thioether (sulfide) groups is 1. The van der Waals surface area contributed by atoms with Gasteiger partial charge >= 0.3 is 0 Å². The van der Waals surface area contributed by atoms with E-state index in [1.165, 1.54) is 57.8 Å². The highest BCUT2D eigenvalue weighted by Gasteiger charge is 2.30. The van der Waals surface area contributed by atoms with Gasteiger partial charge in [0.25, 0.3) is 0 Å². The first-order chi connectivity index (χ1) is 9.76. The van der Waals surface area contributed by atoms with E-state index in [4.69, 9.17) is 0 Å². The van der Waals surface area contributed by atoms with Crippen molar-refractivity contribution in [3.05, 3.63) is 0 Å². The molecule has 2 rings (SSSR count). The molecule has 0 spiro atoms. The second kappa shape index (κ2) is 8.28. The molecular formula is C16H30N2OS. The topological polar surface area (TPSA) is 32.3 Å². The first-order valence-electron chi connectivity index (χ1n) is 8.29. The third-order valence-electron chi connectivity index (χ3n) is 4.88. The predicted octanol–water partition coefficient (Wildman–Crippen LogP) is 3.04. The zero-order chi connectivity index (χ0) is 14.3. The molecule has 1 N–H and O–H groups in total. The molecule has 1 saturated heterocycles. The lowest BCUT2D eigenvalue weighted by atomic mass is 9.88. The van der Waals surface area contributed by atoms with Gasteiger partial charge in [-0.15, -0.1) is 0 Å². The quantitative estimate of drug-likeness (QED) is 0.846. The fourth-order valence-corrected chi connectivity index (χ4v) is 4.42. The van der Waals surface area contributed by atoms with Gasteiger partial charge in [-0.1, -0.05) is 32.1 Å². The van der Waals surface area contributed by atoms with Crippen LogP contribution in [0.4, 0.5) is 0 Å². The van der Waals surface area contributed by atoms with Crippen molar-refractivity contribution in [1.82, 2.24) is 10.2 Å². The van der Waals surface area contributed by atoms with E-state index in [1.54, 1.807) is 0 Å². The number of hydrogen-bond donors (Lipinski definition) is 1. The molecule has 4 heteroatoms. The van der Waals surface area contributed by atoms with Crippen LogP contribution < -0.4 is 5.32 Å². The molecule has 2 fully saturated rings. The fourth-order valence-electron chi connectivity index (χ4n) is 3.48. The molecule has 0 atom stereocenters. The van der Waals surface area contributed by atoms with Crippen molar-refractivity contribution < 1.29 is 4.79 Å². The Hall–Kier alpha value is -0.220. The molecule has 1 aliphatic carbocycles. The highest BCUT2D eigenvalue weighted by molar-refractivity contribution is 8.00. The number of hydrogen-bond acceptors (Lipinski definition) is 3. The van der Waals surface area contributed by atoms with E-state index in [0.717, 1.165) is 19.6 Å². The maximum atomic E-state index is 12.2. The zero-order valence-electron chi connectivity index (χ0n) is 13.0. The first-order valence-corrected chi connectivity index (χ1v) is 9.52. The molecule has 0 unspecified atom stereocenters. The highest BCUT2D eigenvalue weighted by Crippen LogP contribution is 2.37. The molecule has 1 saturated carbocycles. The SMILES string of the molecule is CSC1(CNCC(=O)N2CCCCCC2)CCCCC1. The number of amides is 1. The third kappa shape index (κ3) is 4.66. The summed E-state index contributed by atoms with van der Waals surface area (Å²) >= 11 is 2.00. The summed E-state index contributed by atoms with van der Waals surface area (Å²) < 4.78 is 0.386. The van der Waals surface area contributed by atoms with E-state index in [2.05, 4.69) is 16.5 Å². The van der Waals surface area contributed by atoms with Gasteiger partial charge in [-0.3, -0.25) is 4.79 Å². The summed E-state index contributed by atoms with van der Waals surface area (Å²) in [5.41, 5.74) is 0. The number of nitrogens with one attached hydrogen (secondary N) is 1. The molecule has 0 aromatic heterocycles. The molecule has 0 radical (unpaired) electrons. The van der Waals surface area contributed by atoms with E-state index in [0.29, 0.717) is 17.2 Å². The highest BCUT2D eigenvalue weighted by atomic mass is 32.2. The maximum absolute atomic E-state index is 12.2. The van der Waals surface area contributed by atoms with Crippen molar-refractivity contribution in [2.24, 2.45) is 0 Å². The average molecular weight is 298 g/mol. The van der Waals surface area contributed by atoms with Crippen LogP contribution in [0.1, 0.15) is 57.8 Å². The summed E-state index contributed by atoms with van der Waals surface area (Å²) in [4.78, 5) is 14.3. The van der Waals surface area contributed by atoms with Crippen molar-refractivity contribution in [2.75, 3.05) is 32.4 Å². The number of carbonyl (C=O) groups is 1. The molecule has 116 valence electrons. The minimum atomic E-state index is 0.305. The minimum absolute atomic E-state index is 0.305. The smallest absolute Gasteiger partial charge is 0.236 e. The fraction of sp³-hybridized carbons (Fsp3) is 0.938. The van der Waals surface area contributed by atoms with E-state index in [1.807, 2.05) is 11.8 Å². The van der Waals surface area contributed by atoms with Gasteiger partial charge in [0.15, 0.2) is 0 Å². The van der Waals surface area contributed by atoms with Crippen molar-refractivity contribution in [3.8, 4) is 0 Å². The Kier molecular flexibility index (Phi) is 6.69. The van der Waals surface area contributed by atoms with Gasteiger partial charge in [0.2, 0.25) is 5.91 Å². The van der Waals surface area contributed by atoms with Crippen molar-refractivity contribution >= 4 is 17.7 Å².